The molecule has 0 fully saturated rings. The standard InChI is InChI=1S/C22H23N3O2/c1-3-19-21-9-6-14-24(21)20-8-5-4-7-16(20)15-25(19)22(26)23-17-10-12-18(27-2)13-11-17/h4-14,19H,3,15H2,1-2H3,(H,23,26). The molecule has 138 valence electrons. The first-order valence-electron chi connectivity index (χ1n) is 9.18. The maximum atomic E-state index is 13.2. The average Bonchev–Trinajstić information content (AvgIpc) is 3.13. The Morgan fingerprint density at radius 3 is 2.63 bits per heavy atom. The molecule has 1 aliphatic heterocycles. The van der Waals surface area contributed by atoms with Gasteiger partial charge in [-0.3, -0.25) is 0 Å². The van der Waals surface area contributed by atoms with Crippen LogP contribution < -0.4 is 10.1 Å². The summed E-state index contributed by atoms with van der Waals surface area (Å²) in [6.07, 6.45) is 2.91. The molecule has 1 aliphatic rings. The first-order valence-corrected chi connectivity index (χ1v) is 9.18. The van der Waals surface area contributed by atoms with Crippen molar-refractivity contribution in [2.45, 2.75) is 25.9 Å². The van der Waals surface area contributed by atoms with Gasteiger partial charge >= 0.3 is 6.03 Å². The highest BCUT2D eigenvalue weighted by molar-refractivity contribution is 5.89. The molecule has 27 heavy (non-hydrogen) atoms. The highest BCUT2D eigenvalue weighted by Crippen LogP contribution is 2.34. The zero-order valence-electron chi connectivity index (χ0n) is 15.6. The summed E-state index contributed by atoms with van der Waals surface area (Å²) in [5.74, 6) is 0.765. The molecule has 0 saturated heterocycles. The molecule has 0 radical (unpaired) electrons. The molecule has 3 aromatic rings. The third kappa shape index (κ3) is 3.16. The molecule has 2 heterocycles. The van der Waals surface area contributed by atoms with Crippen LogP contribution in [0.25, 0.3) is 5.69 Å². The minimum Gasteiger partial charge on any atom is -0.497 e. The SMILES string of the molecule is CCC1c2cccn2-c2ccccc2CN1C(=O)Nc1ccc(OC)cc1. The van der Waals surface area contributed by atoms with E-state index in [4.69, 9.17) is 4.74 Å². The van der Waals surface area contributed by atoms with E-state index < -0.39 is 0 Å². The number of amides is 2. The van der Waals surface area contributed by atoms with E-state index in [1.54, 1.807) is 7.11 Å². The lowest BCUT2D eigenvalue weighted by atomic mass is 10.1. The van der Waals surface area contributed by atoms with Crippen LogP contribution in [0.2, 0.25) is 0 Å². The van der Waals surface area contributed by atoms with Crippen LogP contribution in [-0.4, -0.2) is 22.6 Å². The number of carbonyl (C=O) groups is 1. The maximum absolute atomic E-state index is 13.2. The molecule has 0 bridgehead atoms. The number of aromatic nitrogens is 1. The zero-order chi connectivity index (χ0) is 18.8. The molecule has 5 nitrogen and oxygen atoms in total. The van der Waals surface area contributed by atoms with Crippen molar-refractivity contribution in [3.05, 3.63) is 78.1 Å². The van der Waals surface area contributed by atoms with Crippen LogP contribution in [0.3, 0.4) is 0 Å². The van der Waals surface area contributed by atoms with E-state index in [1.807, 2.05) is 47.4 Å². The minimum atomic E-state index is -0.100. The molecule has 0 spiro atoms. The number of fused-ring (bicyclic) bond motifs is 3. The van der Waals surface area contributed by atoms with Gasteiger partial charge in [-0.25, -0.2) is 4.79 Å². The number of hydrogen-bond donors (Lipinski definition) is 1. The molecular weight excluding hydrogens is 338 g/mol. The van der Waals surface area contributed by atoms with Gasteiger partial charge in [-0.15, -0.1) is 0 Å². The van der Waals surface area contributed by atoms with E-state index in [1.165, 1.54) is 0 Å². The minimum absolute atomic E-state index is 0.00523. The Bertz CT molecular complexity index is 946. The van der Waals surface area contributed by atoms with E-state index in [0.717, 1.165) is 34.8 Å². The molecule has 4 rings (SSSR count). The number of nitrogens with one attached hydrogen (secondary N) is 1. The number of hydrogen-bond acceptors (Lipinski definition) is 2. The van der Waals surface area contributed by atoms with Crippen molar-refractivity contribution in [3.63, 3.8) is 0 Å². The summed E-state index contributed by atoms with van der Waals surface area (Å²) >= 11 is 0. The Morgan fingerprint density at radius 1 is 1.11 bits per heavy atom. The van der Waals surface area contributed by atoms with Crippen molar-refractivity contribution in [1.29, 1.82) is 0 Å². The van der Waals surface area contributed by atoms with E-state index in [-0.39, 0.29) is 12.1 Å². The quantitative estimate of drug-likeness (QED) is 0.715. The molecule has 1 N–H and O–H groups in total. The van der Waals surface area contributed by atoms with Gasteiger partial charge in [-0.2, -0.15) is 0 Å². The normalized spacial score (nSPS) is 15.5. The lowest BCUT2D eigenvalue weighted by Gasteiger charge is -2.29. The lowest BCUT2D eigenvalue weighted by molar-refractivity contribution is 0.181. The monoisotopic (exact) mass is 361 g/mol. The molecule has 1 aromatic heterocycles. The molecule has 1 unspecified atom stereocenters. The van der Waals surface area contributed by atoms with Crippen molar-refractivity contribution < 1.29 is 9.53 Å². The Labute approximate surface area is 159 Å². The van der Waals surface area contributed by atoms with Gasteiger partial charge in [0.15, 0.2) is 0 Å². The van der Waals surface area contributed by atoms with Gasteiger partial charge in [0, 0.05) is 17.6 Å². The first-order chi connectivity index (χ1) is 13.2. The van der Waals surface area contributed by atoms with E-state index in [9.17, 15) is 4.79 Å². The zero-order valence-corrected chi connectivity index (χ0v) is 15.6. The Balaban J connectivity index is 1.68. The van der Waals surface area contributed by atoms with Crippen LogP contribution in [0.4, 0.5) is 10.5 Å². The Hall–Kier alpha value is -3.21. The van der Waals surface area contributed by atoms with Gasteiger partial charge < -0.3 is 19.5 Å². The smallest absolute Gasteiger partial charge is 0.322 e. The number of carbonyl (C=O) groups excluding carboxylic acids is 1. The van der Waals surface area contributed by atoms with Crippen LogP contribution >= 0.6 is 0 Å². The number of rotatable bonds is 3. The van der Waals surface area contributed by atoms with Crippen LogP contribution in [0.1, 0.15) is 30.6 Å². The van der Waals surface area contributed by atoms with Crippen molar-refractivity contribution in [2.75, 3.05) is 12.4 Å². The number of benzene rings is 2. The van der Waals surface area contributed by atoms with E-state index in [2.05, 4.69) is 41.2 Å². The fraction of sp³-hybridized carbons (Fsp3) is 0.227. The summed E-state index contributed by atoms with van der Waals surface area (Å²) in [5.41, 5.74) is 4.15. The van der Waals surface area contributed by atoms with Gasteiger partial charge in [-0.1, -0.05) is 25.1 Å². The topological polar surface area (TPSA) is 46.5 Å². The average molecular weight is 361 g/mol. The van der Waals surface area contributed by atoms with Crippen LogP contribution in [0.5, 0.6) is 5.75 Å². The number of nitrogens with zero attached hydrogens (tertiary/aromatic N) is 2. The molecule has 5 heteroatoms. The molecule has 0 aliphatic carbocycles. The third-order valence-electron chi connectivity index (χ3n) is 5.08. The molecule has 2 amide bonds. The molecule has 2 aromatic carbocycles. The van der Waals surface area contributed by atoms with Crippen LogP contribution in [0.15, 0.2) is 66.9 Å². The number of anilines is 1. The summed E-state index contributed by atoms with van der Waals surface area (Å²) in [6, 6.07) is 19.7. The van der Waals surface area contributed by atoms with Gasteiger partial charge in [0.25, 0.3) is 0 Å². The largest absolute Gasteiger partial charge is 0.497 e. The predicted octanol–water partition coefficient (Wildman–Crippen LogP) is 4.98. The fourth-order valence-corrected chi connectivity index (χ4v) is 3.73. The van der Waals surface area contributed by atoms with Gasteiger partial charge in [-0.05, 0) is 54.4 Å². The number of methoxy groups -OCH3 is 1. The van der Waals surface area contributed by atoms with Gasteiger partial charge in [0.05, 0.1) is 25.4 Å². The Kier molecular flexibility index (Phi) is 4.59. The number of ether oxygens (including phenoxy) is 1. The second kappa shape index (κ2) is 7.19. The van der Waals surface area contributed by atoms with Crippen LogP contribution in [0, 0.1) is 0 Å². The second-order valence-electron chi connectivity index (χ2n) is 6.64. The number of para-hydroxylation sites is 1. The lowest BCUT2D eigenvalue weighted by Crippen LogP contribution is -2.37. The maximum Gasteiger partial charge on any atom is 0.322 e. The highest BCUT2D eigenvalue weighted by atomic mass is 16.5. The van der Waals surface area contributed by atoms with Crippen molar-refractivity contribution in [2.24, 2.45) is 0 Å². The molecular formula is C22H23N3O2. The predicted molar refractivity (Wildman–Crippen MR) is 106 cm³/mol. The summed E-state index contributed by atoms with van der Waals surface area (Å²) in [6.45, 7) is 2.68. The molecule has 0 saturated carbocycles. The van der Waals surface area contributed by atoms with Crippen molar-refractivity contribution in [3.8, 4) is 11.4 Å². The fourth-order valence-electron chi connectivity index (χ4n) is 3.73. The Morgan fingerprint density at radius 2 is 1.89 bits per heavy atom. The number of urea groups is 1. The van der Waals surface area contributed by atoms with Crippen molar-refractivity contribution >= 4 is 11.7 Å². The summed E-state index contributed by atoms with van der Waals surface area (Å²) in [4.78, 5) is 15.1. The summed E-state index contributed by atoms with van der Waals surface area (Å²) in [7, 11) is 1.63. The third-order valence-corrected chi connectivity index (χ3v) is 5.08. The molecule has 1 atom stereocenters. The van der Waals surface area contributed by atoms with E-state index >= 15 is 0 Å². The van der Waals surface area contributed by atoms with Crippen molar-refractivity contribution in [1.82, 2.24) is 9.47 Å². The van der Waals surface area contributed by atoms with Crippen LogP contribution in [-0.2, 0) is 6.54 Å². The van der Waals surface area contributed by atoms with Gasteiger partial charge in [0.1, 0.15) is 5.75 Å². The second-order valence-corrected chi connectivity index (χ2v) is 6.64. The van der Waals surface area contributed by atoms with Gasteiger partial charge in [0.2, 0.25) is 0 Å². The summed E-state index contributed by atoms with van der Waals surface area (Å²) < 4.78 is 7.38. The highest BCUT2D eigenvalue weighted by Gasteiger charge is 2.30. The first kappa shape index (κ1) is 17.2. The summed E-state index contributed by atoms with van der Waals surface area (Å²) in [5, 5.41) is 3.03. The van der Waals surface area contributed by atoms with E-state index in [0.29, 0.717) is 6.54 Å².